The lowest BCUT2D eigenvalue weighted by molar-refractivity contribution is -0.117. The SMILES string of the molecule is CCCN(CCC)C(C)CCC(C)=O. The molecule has 0 aromatic carbocycles. The second-order valence-corrected chi connectivity index (χ2v) is 4.13. The summed E-state index contributed by atoms with van der Waals surface area (Å²) in [7, 11) is 0. The van der Waals surface area contributed by atoms with Crippen LogP contribution in [0.2, 0.25) is 0 Å². The highest BCUT2D eigenvalue weighted by Gasteiger charge is 2.12. The molecule has 0 aromatic rings. The van der Waals surface area contributed by atoms with Gasteiger partial charge in [-0.2, -0.15) is 0 Å². The van der Waals surface area contributed by atoms with Crippen molar-refractivity contribution in [3.05, 3.63) is 0 Å². The van der Waals surface area contributed by atoms with Crippen molar-refractivity contribution in [1.29, 1.82) is 0 Å². The van der Waals surface area contributed by atoms with Crippen LogP contribution in [-0.4, -0.2) is 29.8 Å². The zero-order chi connectivity index (χ0) is 11.0. The Labute approximate surface area is 88.7 Å². The van der Waals surface area contributed by atoms with Crippen LogP contribution in [0.4, 0.5) is 0 Å². The molecule has 0 saturated carbocycles. The lowest BCUT2D eigenvalue weighted by atomic mass is 10.1. The number of carbonyl (C=O) groups excluding carboxylic acids is 1. The highest BCUT2D eigenvalue weighted by atomic mass is 16.1. The molecule has 0 N–H and O–H groups in total. The van der Waals surface area contributed by atoms with E-state index in [1.165, 1.54) is 12.8 Å². The molecule has 0 heterocycles. The molecule has 0 aromatic heterocycles. The van der Waals surface area contributed by atoms with Crippen LogP contribution >= 0.6 is 0 Å². The first-order chi connectivity index (χ1) is 6.61. The average molecular weight is 199 g/mol. The van der Waals surface area contributed by atoms with Gasteiger partial charge in [-0.05, 0) is 46.2 Å². The molecule has 0 aliphatic rings. The third kappa shape index (κ3) is 6.14. The second-order valence-electron chi connectivity index (χ2n) is 4.13. The Bertz CT molecular complexity index is 150. The van der Waals surface area contributed by atoms with Gasteiger partial charge >= 0.3 is 0 Å². The van der Waals surface area contributed by atoms with Gasteiger partial charge in [0, 0.05) is 12.5 Å². The minimum absolute atomic E-state index is 0.310. The van der Waals surface area contributed by atoms with Gasteiger partial charge in [0.25, 0.3) is 0 Å². The topological polar surface area (TPSA) is 20.3 Å². The summed E-state index contributed by atoms with van der Waals surface area (Å²) >= 11 is 0. The van der Waals surface area contributed by atoms with Crippen molar-refractivity contribution in [1.82, 2.24) is 4.90 Å². The standard InChI is InChI=1S/C12H25NO/c1-5-9-13(10-6-2)11(3)7-8-12(4)14/h11H,5-10H2,1-4H3. The number of hydrogen-bond acceptors (Lipinski definition) is 2. The fourth-order valence-corrected chi connectivity index (χ4v) is 1.72. The lowest BCUT2D eigenvalue weighted by Gasteiger charge is -2.28. The monoisotopic (exact) mass is 199 g/mol. The third-order valence-corrected chi connectivity index (χ3v) is 2.56. The van der Waals surface area contributed by atoms with Crippen LogP contribution in [0.1, 0.15) is 53.4 Å². The first-order valence-corrected chi connectivity index (χ1v) is 5.85. The van der Waals surface area contributed by atoms with Crippen molar-refractivity contribution < 1.29 is 4.79 Å². The minimum Gasteiger partial charge on any atom is -0.301 e. The Kier molecular flexibility index (Phi) is 7.77. The maximum Gasteiger partial charge on any atom is 0.129 e. The van der Waals surface area contributed by atoms with Gasteiger partial charge in [0.05, 0.1) is 0 Å². The lowest BCUT2D eigenvalue weighted by Crippen LogP contribution is -2.34. The average Bonchev–Trinajstić information content (AvgIpc) is 2.14. The van der Waals surface area contributed by atoms with E-state index in [1.54, 1.807) is 6.92 Å². The maximum atomic E-state index is 10.9. The maximum absolute atomic E-state index is 10.9. The quantitative estimate of drug-likeness (QED) is 0.599. The van der Waals surface area contributed by atoms with E-state index in [-0.39, 0.29) is 0 Å². The Balaban J connectivity index is 3.86. The van der Waals surface area contributed by atoms with E-state index in [2.05, 4.69) is 25.7 Å². The van der Waals surface area contributed by atoms with Crippen molar-refractivity contribution >= 4 is 5.78 Å². The van der Waals surface area contributed by atoms with E-state index < -0.39 is 0 Å². The summed E-state index contributed by atoms with van der Waals surface area (Å²) in [6.07, 6.45) is 4.13. The van der Waals surface area contributed by atoms with Crippen LogP contribution < -0.4 is 0 Å². The molecule has 0 rings (SSSR count). The molecule has 0 radical (unpaired) electrons. The van der Waals surface area contributed by atoms with Crippen LogP contribution in [0.3, 0.4) is 0 Å². The third-order valence-electron chi connectivity index (χ3n) is 2.56. The normalized spacial score (nSPS) is 13.2. The van der Waals surface area contributed by atoms with Gasteiger partial charge in [0.1, 0.15) is 5.78 Å². The summed E-state index contributed by atoms with van der Waals surface area (Å²) in [5, 5.41) is 0. The van der Waals surface area contributed by atoms with E-state index in [0.717, 1.165) is 25.9 Å². The van der Waals surface area contributed by atoms with Gasteiger partial charge < -0.3 is 9.69 Å². The van der Waals surface area contributed by atoms with Crippen molar-refractivity contribution in [3.63, 3.8) is 0 Å². The largest absolute Gasteiger partial charge is 0.301 e. The molecule has 0 saturated heterocycles. The smallest absolute Gasteiger partial charge is 0.129 e. The molecule has 0 fully saturated rings. The minimum atomic E-state index is 0.310. The van der Waals surface area contributed by atoms with E-state index in [0.29, 0.717) is 11.8 Å². The number of hydrogen-bond donors (Lipinski definition) is 0. The molecule has 0 aliphatic carbocycles. The highest BCUT2D eigenvalue weighted by molar-refractivity contribution is 5.75. The molecule has 1 unspecified atom stereocenters. The molecule has 0 bridgehead atoms. The van der Waals surface area contributed by atoms with Crippen molar-refractivity contribution in [2.75, 3.05) is 13.1 Å². The molecule has 0 spiro atoms. The van der Waals surface area contributed by atoms with Crippen LogP contribution in [-0.2, 0) is 4.79 Å². The number of carbonyl (C=O) groups is 1. The molecule has 84 valence electrons. The molecule has 2 heteroatoms. The van der Waals surface area contributed by atoms with Gasteiger partial charge in [-0.25, -0.2) is 0 Å². The predicted octanol–water partition coefficient (Wildman–Crippen LogP) is 2.87. The van der Waals surface area contributed by atoms with Crippen LogP contribution in [0, 0.1) is 0 Å². The van der Waals surface area contributed by atoms with Crippen molar-refractivity contribution in [2.24, 2.45) is 0 Å². The zero-order valence-electron chi connectivity index (χ0n) is 10.2. The van der Waals surface area contributed by atoms with Gasteiger partial charge in [-0.1, -0.05) is 13.8 Å². The van der Waals surface area contributed by atoms with Crippen molar-refractivity contribution in [2.45, 2.75) is 59.4 Å². The van der Waals surface area contributed by atoms with Gasteiger partial charge in [-0.15, -0.1) is 0 Å². The fraction of sp³-hybridized carbons (Fsp3) is 0.917. The molecule has 2 nitrogen and oxygen atoms in total. The van der Waals surface area contributed by atoms with Crippen LogP contribution in [0.25, 0.3) is 0 Å². The van der Waals surface area contributed by atoms with E-state index in [4.69, 9.17) is 0 Å². The summed E-state index contributed by atoms with van der Waals surface area (Å²) in [5.41, 5.74) is 0. The summed E-state index contributed by atoms with van der Waals surface area (Å²) in [6, 6.07) is 0.554. The van der Waals surface area contributed by atoms with Gasteiger partial charge in [-0.3, -0.25) is 0 Å². The summed E-state index contributed by atoms with van der Waals surface area (Å²) in [6.45, 7) is 10.6. The summed E-state index contributed by atoms with van der Waals surface area (Å²) in [5.74, 6) is 0.310. The second kappa shape index (κ2) is 7.98. The Morgan fingerprint density at radius 2 is 1.71 bits per heavy atom. The van der Waals surface area contributed by atoms with Gasteiger partial charge in [0.2, 0.25) is 0 Å². The number of ketones is 1. The first kappa shape index (κ1) is 13.6. The number of nitrogens with zero attached hydrogens (tertiary/aromatic N) is 1. The van der Waals surface area contributed by atoms with Crippen LogP contribution in [0.5, 0.6) is 0 Å². The molecule has 0 aliphatic heterocycles. The zero-order valence-corrected chi connectivity index (χ0v) is 10.2. The van der Waals surface area contributed by atoms with Crippen LogP contribution in [0.15, 0.2) is 0 Å². The fourth-order valence-electron chi connectivity index (χ4n) is 1.72. The number of rotatable bonds is 8. The van der Waals surface area contributed by atoms with Gasteiger partial charge in [0.15, 0.2) is 0 Å². The summed E-state index contributed by atoms with van der Waals surface area (Å²) in [4.78, 5) is 13.4. The molecular weight excluding hydrogens is 174 g/mol. The molecule has 1 atom stereocenters. The first-order valence-electron chi connectivity index (χ1n) is 5.85. The Hall–Kier alpha value is -0.370. The molecule has 0 amide bonds. The van der Waals surface area contributed by atoms with E-state index >= 15 is 0 Å². The molecule has 14 heavy (non-hydrogen) atoms. The van der Waals surface area contributed by atoms with Crippen molar-refractivity contribution in [3.8, 4) is 0 Å². The van der Waals surface area contributed by atoms with E-state index in [9.17, 15) is 4.79 Å². The van der Waals surface area contributed by atoms with E-state index in [1.807, 2.05) is 0 Å². The number of Topliss-reactive ketones (excluding diaryl/α,β-unsaturated/α-hetero) is 1. The highest BCUT2D eigenvalue weighted by Crippen LogP contribution is 2.08. The summed E-state index contributed by atoms with van der Waals surface area (Å²) < 4.78 is 0. The molecular formula is C12H25NO. The Morgan fingerprint density at radius 3 is 2.07 bits per heavy atom. The predicted molar refractivity (Wildman–Crippen MR) is 61.5 cm³/mol. The Morgan fingerprint density at radius 1 is 1.21 bits per heavy atom.